The van der Waals surface area contributed by atoms with Crippen LogP contribution in [0.4, 0.5) is 0 Å². The molecule has 4 heterocycles. The molecule has 1 aliphatic rings. The van der Waals surface area contributed by atoms with E-state index < -0.39 is 0 Å². The number of hydrogen-bond donors (Lipinski definition) is 1. The molecule has 0 atom stereocenters. The zero-order chi connectivity index (χ0) is 22.6. The summed E-state index contributed by atoms with van der Waals surface area (Å²) >= 11 is 0. The molecule has 1 saturated heterocycles. The SMILES string of the molecule is Cc1c(-c2[nH]c3ccc(C4CCN(C(C)C)CC4)cc3c2C(C)C)cn2cnnc2c1C. The second-order valence-electron chi connectivity index (χ2n) is 10.1. The van der Waals surface area contributed by atoms with Crippen LogP contribution in [0.2, 0.25) is 0 Å². The van der Waals surface area contributed by atoms with Crippen LogP contribution in [-0.4, -0.2) is 43.6 Å². The molecule has 1 aliphatic heterocycles. The average Bonchev–Trinajstić information content (AvgIpc) is 3.40. The van der Waals surface area contributed by atoms with Crippen molar-refractivity contribution in [3.63, 3.8) is 0 Å². The van der Waals surface area contributed by atoms with Crippen LogP contribution in [0.1, 0.15) is 74.6 Å². The molecular formula is C27H35N5. The maximum Gasteiger partial charge on any atom is 0.163 e. The second kappa shape index (κ2) is 8.04. The highest BCUT2D eigenvalue weighted by atomic mass is 15.2. The fourth-order valence-corrected chi connectivity index (χ4v) is 5.51. The van der Waals surface area contributed by atoms with Crippen LogP contribution in [0.5, 0.6) is 0 Å². The third-order valence-corrected chi connectivity index (χ3v) is 7.58. The molecule has 32 heavy (non-hydrogen) atoms. The molecule has 0 bridgehead atoms. The molecule has 0 unspecified atom stereocenters. The molecule has 5 rings (SSSR count). The number of H-pyrrole nitrogens is 1. The fraction of sp³-hybridized carbons (Fsp3) is 0.481. The maximum atomic E-state index is 4.29. The number of aromatic nitrogens is 4. The van der Waals surface area contributed by atoms with Gasteiger partial charge in [0.15, 0.2) is 5.65 Å². The van der Waals surface area contributed by atoms with Crippen molar-refractivity contribution in [2.24, 2.45) is 0 Å². The van der Waals surface area contributed by atoms with E-state index in [4.69, 9.17) is 0 Å². The monoisotopic (exact) mass is 429 g/mol. The van der Waals surface area contributed by atoms with Crippen molar-refractivity contribution in [3.05, 3.63) is 53.0 Å². The summed E-state index contributed by atoms with van der Waals surface area (Å²) in [5.41, 5.74) is 9.99. The molecule has 168 valence electrons. The van der Waals surface area contributed by atoms with E-state index in [0.717, 1.165) is 5.65 Å². The normalized spacial score (nSPS) is 16.2. The van der Waals surface area contributed by atoms with Crippen LogP contribution in [0, 0.1) is 13.8 Å². The molecule has 0 saturated carbocycles. The van der Waals surface area contributed by atoms with Gasteiger partial charge in [-0.05, 0) is 99.8 Å². The van der Waals surface area contributed by atoms with Crippen LogP contribution >= 0.6 is 0 Å². The van der Waals surface area contributed by atoms with Gasteiger partial charge in [-0.3, -0.25) is 4.40 Å². The Kier molecular flexibility index (Phi) is 5.32. The summed E-state index contributed by atoms with van der Waals surface area (Å²) in [4.78, 5) is 6.38. The van der Waals surface area contributed by atoms with Crippen molar-refractivity contribution in [1.29, 1.82) is 0 Å². The standard InChI is InChI=1S/C27H35N5/c1-16(2)25-22-13-21(20-9-11-31(12-10-20)17(3)4)7-8-24(22)29-26(25)23-14-32-15-28-30-27(32)19(6)18(23)5/h7-8,13-17,20,29H,9-12H2,1-6H3. The Balaban J connectivity index is 1.60. The third-order valence-electron chi connectivity index (χ3n) is 7.58. The quantitative estimate of drug-likeness (QED) is 0.420. The van der Waals surface area contributed by atoms with E-state index in [-0.39, 0.29) is 0 Å². The van der Waals surface area contributed by atoms with Crippen LogP contribution in [-0.2, 0) is 0 Å². The van der Waals surface area contributed by atoms with E-state index in [1.807, 2.05) is 4.40 Å². The fourth-order valence-electron chi connectivity index (χ4n) is 5.51. The van der Waals surface area contributed by atoms with Gasteiger partial charge in [-0.15, -0.1) is 10.2 Å². The predicted molar refractivity (Wildman–Crippen MR) is 133 cm³/mol. The number of likely N-dealkylation sites (tertiary alicyclic amines) is 1. The lowest BCUT2D eigenvalue weighted by Crippen LogP contribution is -2.37. The molecule has 4 aromatic rings. The Labute approximate surface area is 190 Å². The lowest BCUT2D eigenvalue weighted by molar-refractivity contribution is 0.172. The van der Waals surface area contributed by atoms with E-state index in [2.05, 4.69) is 86.0 Å². The molecule has 0 spiro atoms. The van der Waals surface area contributed by atoms with Gasteiger partial charge in [0.05, 0.1) is 5.69 Å². The summed E-state index contributed by atoms with van der Waals surface area (Å²) in [6.45, 7) is 16.0. The summed E-state index contributed by atoms with van der Waals surface area (Å²) in [6.07, 6.45) is 6.47. The van der Waals surface area contributed by atoms with Crippen molar-refractivity contribution in [2.75, 3.05) is 13.1 Å². The smallest absolute Gasteiger partial charge is 0.163 e. The molecular weight excluding hydrogens is 394 g/mol. The van der Waals surface area contributed by atoms with Crippen molar-refractivity contribution in [1.82, 2.24) is 24.5 Å². The first-order valence-corrected chi connectivity index (χ1v) is 12.0. The number of hydrogen-bond acceptors (Lipinski definition) is 3. The number of fused-ring (bicyclic) bond motifs is 2. The second-order valence-corrected chi connectivity index (χ2v) is 10.1. The molecule has 1 aromatic carbocycles. The largest absolute Gasteiger partial charge is 0.354 e. The third kappa shape index (κ3) is 3.43. The number of benzene rings is 1. The molecule has 0 aliphatic carbocycles. The van der Waals surface area contributed by atoms with E-state index in [1.54, 1.807) is 6.33 Å². The van der Waals surface area contributed by atoms with Gasteiger partial charge in [0.1, 0.15) is 6.33 Å². The van der Waals surface area contributed by atoms with Crippen molar-refractivity contribution < 1.29 is 0 Å². The minimum Gasteiger partial charge on any atom is -0.354 e. The summed E-state index contributed by atoms with van der Waals surface area (Å²) in [5, 5.41) is 9.78. The molecule has 3 aromatic heterocycles. The summed E-state index contributed by atoms with van der Waals surface area (Å²) in [5.74, 6) is 1.08. The topological polar surface area (TPSA) is 49.2 Å². The van der Waals surface area contributed by atoms with E-state index in [0.29, 0.717) is 17.9 Å². The van der Waals surface area contributed by atoms with Gasteiger partial charge in [-0.25, -0.2) is 0 Å². The summed E-state index contributed by atoms with van der Waals surface area (Å²) in [6, 6.07) is 7.77. The lowest BCUT2D eigenvalue weighted by Gasteiger charge is -2.34. The first kappa shape index (κ1) is 21.2. The Morgan fingerprint density at radius 2 is 1.78 bits per heavy atom. The Bertz CT molecular complexity index is 1270. The van der Waals surface area contributed by atoms with E-state index >= 15 is 0 Å². The van der Waals surface area contributed by atoms with E-state index in [9.17, 15) is 0 Å². The van der Waals surface area contributed by atoms with Crippen LogP contribution in [0.25, 0.3) is 27.8 Å². The van der Waals surface area contributed by atoms with Crippen LogP contribution < -0.4 is 0 Å². The van der Waals surface area contributed by atoms with Gasteiger partial charge in [0.2, 0.25) is 0 Å². The highest BCUT2D eigenvalue weighted by Gasteiger charge is 2.24. The summed E-state index contributed by atoms with van der Waals surface area (Å²) in [7, 11) is 0. The van der Waals surface area contributed by atoms with Gasteiger partial charge < -0.3 is 9.88 Å². The number of aromatic amines is 1. The first-order chi connectivity index (χ1) is 15.3. The molecule has 1 N–H and O–H groups in total. The molecule has 5 heteroatoms. The number of pyridine rings is 1. The van der Waals surface area contributed by atoms with Gasteiger partial charge in [-0.2, -0.15) is 0 Å². The predicted octanol–water partition coefficient (Wildman–Crippen LogP) is 6.21. The number of piperidine rings is 1. The number of rotatable bonds is 4. The highest BCUT2D eigenvalue weighted by molar-refractivity contribution is 5.92. The highest BCUT2D eigenvalue weighted by Crippen LogP contribution is 2.40. The number of aryl methyl sites for hydroxylation is 1. The van der Waals surface area contributed by atoms with Crippen LogP contribution in [0.15, 0.2) is 30.7 Å². The maximum absolute atomic E-state index is 4.29. The molecule has 1 fully saturated rings. The minimum absolute atomic E-state index is 0.424. The minimum atomic E-state index is 0.424. The van der Waals surface area contributed by atoms with Crippen molar-refractivity contribution in [2.45, 2.75) is 72.3 Å². The van der Waals surface area contributed by atoms with Gasteiger partial charge in [-0.1, -0.05) is 19.9 Å². The Hall–Kier alpha value is -2.66. The Morgan fingerprint density at radius 3 is 2.47 bits per heavy atom. The number of nitrogens with one attached hydrogen (secondary N) is 1. The Morgan fingerprint density at radius 1 is 1.03 bits per heavy atom. The van der Waals surface area contributed by atoms with Crippen molar-refractivity contribution >= 4 is 16.6 Å². The molecule has 0 radical (unpaired) electrons. The zero-order valence-electron chi connectivity index (χ0n) is 20.2. The average molecular weight is 430 g/mol. The van der Waals surface area contributed by atoms with Gasteiger partial charge in [0, 0.05) is 28.7 Å². The van der Waals surface area contributed by atoms with Gasteiger partial charge in [0.25, 0.3) is 0 Å². The number of nitrogens with zero attached hydrogens (tertiary/aromatic N) is 4. The lowest BCUT2D eigenvalue weighted by atomic mass is 9.87. The van der Waals surface area contributed by atoms with Crippen LogP contribution in [0.3, 0.4) is 0 Å². The first-order valence-electron chi connectivity index (χ1n) is 12.0. The molecule has 5 nitrogen and oxygen atoms in total. The zero-order valence-corrected chi connectivity index (χ0v) is 20.2. The van der Waals surface area contributed by atoms with Gasteiger partial charge >= 0.3 is 0 Å². The molecule has 0 amide bonds. The summed E-state index contributed by atoms with van der Waals surface area (Å²) < 4.78 is 2.04. The van der Waals surface area contributed by atoms with Crippen molar-refractivity contribution in [3.8, 4) is 11.3 Å². The van der Waals surface area contributed by atoms with E-state index in [1.165, 1.54) is 70.3 Å².